The van der Waals surface area contributed by atoms with Gasteiger partial charge in [0, 0.05) is 26.2 Å². The zero-order valence-corrected chi connectivity index (χ0v) is 27.8. The summed E-state index contributed by atoms with van der Waals surface area (Å²) in [6.45, 7) is 4.45. The van der Waals surface area contributed by atoms with E-state index in [0.29, 0.717) is 23.1 Å². The van der Waals surface area contributed by atoms with Crippen molar-refractivity contribution in [3.8, 4) is 11.1 Å². The molecule has 0 aliphatic carbocycles. The average Bonchev–Trinajstić information content (AvgIpc) is 3.06. The summed E-state index contributed by atoms with van der Waals surface area (Å²) in [7, 11) is 0. The molecule has 50 heavy (non-hydrogen) atoms. The normalized spacial score (nSPS) is 13.7. The van der Waals surface area contributed by atoms with E-state index >= 15 is 0 Å². The molecule has 2 rings (SSSR count). The number of aromatic carboxylic acids is 1. The van der Waals surface area contributed by atoms with Crippen molar-refractivity contribution in [1.29, 1.82) is 0 Å². The van der Waals surface area contributed by atoms with Crippen LogP contribution in [0.25, 0.3) is 11.1 Å². The van der Waals surface area contributed by atoms with Gasteiger partial charge in [-0.25, -0.2) is 9.59 Å². The van der Waals surface area contributed by atoms with E-state index in [1.807, 2.05) is 0 Å². The minimum atomic E-state index is -1.56. The van der Waals surface area contributed by atoms with Crippen LogP contribution in [0, 0.1) is 5.92 Å². The van der Waals surface area contributed by atoms with Gasteiger partial charge in [0.2, 0.25) is 23.6 Å². The summed E-state index contributed by atoms with van der Waals surface area (Å²) >= 11 is 0. The Morgan fingerprint density at radius 1 is 0.660 bits per heavy atom. The molecule has 4 amide bonds. The molecule has 270 valence electrons. The highest BCUT2D eigenvalue weighted by Gasteiger charge is 2.33. The molecule has 0 fully saturated rings. The summed E-state index contributed by atoms with van der Waals surface area (Å²) in [5.41, 5.74) is 1.67. The Hall–Kier alpha value is -5.80. The van der Waals surface area contributed by atoms with Crippen molar-refractivity contribution in [3.05, 3.63) is 59.7 Å². The fourth-order valence-corrected chi connectivity index (χ4v) is 4.99. The van der Waals surface area contributed by atoms with Gasteiger partial charge in [0.1, 0.15) is 24.2 Å². The minimum Gasteiger partial charge on any atom is -0.481 e. The highest BCUT2D eigenvalue weighted by atomic mass is 16.4. The smallest absolute Gasteiger partial charge is 0.336 e. The third-order valence-electron chi connectivity index (χ3n) is 7.89. The number of carbonyl (C=O) groups excluding carboxylic acids is 4. The fraction of sp³-hybridized carbons (Fsp3) is 0.412. The Morgan fingerprint density at radius 3 is 1.62 bits per heavy atom. The van der Waals surface area contributed by atoms with Crippen LogP contribution in [-0.4, -0.2) is 92.1 Å². The Labute approximate surface area is 287 Å². The van der Waals surface area contributed by atoms with Crippen LogP contribution < -0.4 is 21.3 Å². The van der Waals surface area contributed by atoms with Crippen molar-refractivity contribution in [2.45, 2.75) is 83.5 Å². The molecule has 0 saturated heterocycles. The number of nitrogens with one attached hydrogen (secondary N) is 4. The molecule has 0 aromatic heterocycles. The first-order valence-corrected chi connectivity index (χ1v) is 15.8. The number of carboxylic acid groups (broad SMARTS) is 4. The highest BCUT2D eigenvalue weighted by molar-refractivity contribution is 5.97. The summed E-state index contributed by atoms with van der Waals surface area (Å²) in [5.74, 6) is -9.07. The van der Waals surface area contributed by atoms with E-state index in [1.165, 1.54) is 6.07 Å². The molecule has 0 aliphatic rings. The second kappa shape index (κ2) is 19.3. The molecule has 8 N–H and O–H groups in total. The lowest BCUT2D eigenvalue weighted by Crippen LogP contribution is -2.58. The maximum atomic E-state index is 13.5. The number of carbonyl (C=O) groups is 8. The van der Waals surface area contributed by atoms with E-state index in [9.17, 15) is 58.8 Å². The molecular formula is C34H42N4O12. The van der Waals surface area contributed by atoms with E-state index in [4.69, 9.17) is 0 Å². The van der Waals surface area contributed by atoms with Crippen LogP contribution in [0.1, 0.15) is 68.8 Å². The fourth-order valence-electron chi connectivity index (χ4n) is 4.99. The number of hydrogen-bond donors (Lipinski definition) is 8. The Bertz CT molecular complexity index is 1580. The third kappa shape index (κ3) is 12.7. The predicted molar refractivity (Wildman–Crippen MR) is 177 cm³/mol. The second-order valence-electron chi connectivity index (χ2n) is 11.7. The number of carboxylic acids is 4. The third-order valence-corrected chi connectivity index (χ3v) is 7.89. The van der Waals surface area contributed by atoms with E-state index < -0.39 is 103 Å². The van der Waals surface area contributed by atoms with Crippen molar-refractivity contribution in [2.75, 3.05) is 0 Å². The summed E-state index contributed by atoms with van der Waals surface area (Å²) in [5, 5.41) is 47.1. The van der Waals surface area contributed by atoms with Crippen molar-refractivity contribution in [1.82, 2.24) is 21.3 Å². The molecular weight excluding hydrogens is 656 g/mol. The number of rotatable bonds is 20. The lowest BCUT2D eigenvalue weighted by Gasteiger charge is -2.27. The van der Waals surface area contributed by atoms with Crippen molar-refractivity contribution >= 4 is 47.5 Å². The van der Waals surface area contributed by atoms with Gasteiger partial charge in [-0.05, 0) is 41.5 Å². The van der Waals surface area contributed by atoms with Gasteiger partial charge in [-0.2, -0.15) is 0 Å². The van der Waals surface area contributed by atoms with Gasteiger partial charge in [0.15, 0.2) is 0 Å². The Balaban J connectivity index is 2.32. The first kappa shape index (κ1) is 40.4. The van der Waals surface area contributed by atoms with E-state index in [1.54, 1.807) is 56.3 Å². The van der Waals surface area contributed by atoms with E-state index in [2.05, 4.69) is 21.3 Å². The van der Waals surface area contributed by atoms with Crippen LogP contribution >= 0.6 is 0 Å². The van der Waals surface area contributed by atoms with Crippen LogP contribution in [0.2, 0.25) is 0 Å². The SMILES string of the molecule is CC[C@H](C)[C@H](NC(=O)[C@H](CCC(=O)O)NC(=O)[C@H](CCC(=O)O)NC(=O)[C@H](Cc1ccc(-c2ccccc2C(=O)O)cc1)NC(C)=O)C(=O)O. The summed E-state index contributed by atoms with van der Waals surface area (Å²) in [6.07, 6.45) is -1.78. The quantitative estimate of drug-likeness (QED) is 0.0976. The van der Waals surface area contributed by atoms with Crippen LogP contribution in [-0.2, 0) is 40.0 Å². The minimum absolute atomic E-state index is 0.0846. The zero-order valence-electron chi connectivity index (χ0n) is 27.8. The monoisotopic (exact) mass is 698 g/mol. The summed E-state index contributed by atoms with van der Waals surface area (Å²) in [6, 6.07) is 7.18. The van der Waals surface area contributed by atoms with Gasteiger partial charge < -0.3 is 41.7 Å². The van der Waals surface area contributed by atoms with Crippen LogP contribution in [0.4, 0.5) is 0 Å². The average molecular weight is 699 g/mol. The molecule has 0 aliphatic heterocycles. The van der Waals surface area contributed by atoms with Gasteiger partial charge in [0.05, 0.1) is 5.56 Å². The molecule has 0 spiro atoms. The van der Waals surface area contributed by atoms with Gasteiger partial charge in [0.25, 0.3) is 0 Å². The first-order valence-electron chi connectivity index (χ1n) is 15.8. The molecule has 2 aromatic rings. The van der Waals surface area contributed by atoms with Gasteiger partial charge in [-0.3, -0.25) is 28.8 Å². The molecule has 0 radical (unpaired) electrons. The maximum absolute atomic E-state index is 13.5. The van der Waals surface area contributed by atoms with Crippen LogP contribution in [0.15, 0.2) is 48.5 Å². The second-order valence-corrected chi connectivity index (χ2v) is 11.7. The molecule has 0 heterocycles. The Kier molecular flexibility index (Phi) is 15.6. The molecule has 0 saturated carbocycles. The van der Waals surface area contributed by atoms with Crippen molar-refractivity contribution in [2.24, 2.45) is 5.92 Å². The van der Waals surface area contributed by atoms with E-state index in [0.717, 1.165) is 6.92 Å². The zero-order chi connectivity index (χ0) is 37.5. The van der Waals surface area contributed by atoms with Crippen molar-refractivity contribution in [3.63, 3.8) is 0 Å². The summed E-state index contributed by atoms with van der Waals surface area (Å²) < 4.78 is 0. The number of benzene rings is 2. The predicted octanol–water partition coefficient (Wildman–Crippen LogP) is 1.41. The highest BCUT2D eigenvalue weighted by Crippen LogP contribution is 2.24. The number of hydrogen-bond acceptors (Lipinski definition) is 8. The summed E-state index contributed by atoms with van der Waals surface area (Å²) in [4.78, 5) is 98.1. The maximum Gasteiger partial charge on any atom is 0.336 e. The molecule has 0 bridgehead atoms. The number of amides is 4. The molecule has 16 nitrogen and oxygen atoms in total. The molecule has 5 atom stereocenters. The lowest BCUT2D eigenvalue weighted by molar-refractivity contribution is -0.144. The van der Waals surface area contributed by atoms with Gasteiger partial charge >= 0.3 is 23.9 Å². The van der Waals surface area contributed by atoms with Gasteiger partial charge in [-0.1, -0.05) is 62.7 Å². The largest absolute Gasteiger partial charge is 0.481 e. The Morgan fingerprint density at radius 2 is 1.16 bits per heavy atom. The first-order chi connectivity index (χ1) is 23.5. The van der Waals surface area contributed by atoms with Crippen molar-refractivity contribution < 1.29 is 58.8 Å². The topological polar surface area (TPSA) is 266 Å². The van der Waals surface area contributed by atoms with E-state index in [-0.39, 0.29) is 12.0 Å². The number of aliphatic carboxylic acids is 3. The van der Waals surface area contributed by atoms with Crippen LogP contribution in [0.5, 0.6) is 0 Å². The lowest BCUT2D eigenvalue weighted by atomic mass is 9.97. The molecule has 2 aromatic carbocycles. The standard InChI is InChI=1S/C34H42N4O12/c1-4-18(2)29(34(49)50)38-31(45)25(14-16-28(42)43)36-30(44)24(13-15-27(40)41)37-32(46)26(35-19(3)39)17-20-9-11-21(12-10-20)22-7-5-6-8-23(22)33(47)48/h5-12,18,24-26,29H,4,13-17H2,1-3H3,(H,35,39)(H,36,44)(H,37,46)(H,38,45)(H,40,41)(H,42,43)(H,47,48)(H,49,50)/t18-,24-,25-,26-,29-/m0/s1. The molecule has 0 unspecified atom stereocenters. The molecule has 16 heteroatoms. The van der Waals surface area contributed by atoms with Crippen LogP contribution in [0.3, 0.4) is 0 Å². The van der Waals surface area contributed by atoms with Gasteiger partial charge in [-0.15, -0.1) is 0 Å².